The molecule has 1 aromatic carbocycles. The number of aryl methyl sites for hydroxylation is 1. The minimum atomic E-state index is -0.644. The first kappa shape index (κ1) is 20.7. The first-order valence-electron chi connectivity index (χ1n) is 11.5. The van der Waals surface area contributed by atoms with Crippen LogP contribution in [0.1, 0.15) is 18.9 Å². The highest BCUT2D eigenvalue weighted by atomic mass is 16.5. The van der Waals surface area contributed by atoms with E-state index in [1.807, 2.05) is 41.3 Å². The SMILES string of the molecule is CCc1ccc(NC(=O)C2C3C=CC4(CN(CCCN5CCOCC5)C(=O)C24)O3)cc1. The van der Waals surface area contributed by atoms with Gasteiger partial charge in [-0.1, -0.05) is 31.2 Å². The first-order valence-corrected chi connectivity index (χ1v) is 11.5. The van der Waals surface area contributed by atoms with E-state index in [1.165, 1.54) is 5.56 Å². The summed E-state index contributed by atoms with van der Waals surface area (Å²) in [5, 5.41) is 3.01. The lowest BCUT2D eigenvalue weighted by molar-refractivity contribution is -0.135. The van der Waals surface area contributed by atoms with Gasteiger partial charge >= 0.3 is 0 Å². The molecule has 7 nitrogen and oxygen atoms in total. The third kappa shape index (κ3) is 3.79. The maximum atomic E-state index is 13.3. The minimum absolute atomic E-state index is 0.0512. The molecule has 0 aliphatic carbocycles. The van der Waals surface area contributed by atoms with E-state index in [9.17, 15) is 9.59 Å². The molecule has 3 saturated heterocycles. The zero-order chi connectivity index (χ0) is 21.4. The van der Waals surface area contributed by atoms with E-state index in [1.54, 1.807) is 0 Å². The summed E-state index contributed by atoms with van der Waals surface area (Å²) in [6.45, 7) is 7.78. The summed E-state index contributed by atoms with van der Waals surface area (Å²) in [6.07, 6.45) is 5.53. The number of benzene rings is 1. The van der Waals surface area contributed by atoms with Crippen LogP contribution in [0.3, 0.4) is 0 Å². The van der Waals surface area contributed by atoms with Gasteiger partial charge in [-0.15, -0.1) is 0 Å². The molecule has 0 radical (unpaired) electrons. The van der Waals surface area contributed by atoms with Gasteiger partial charge in [-0.3, -0.25) is 14.5 Å². The summed E-state index contributed by atoms with van der Waals surface area (Å²) in [4.78, 5) is 30.7. The molecule has 4 aliphatic heterocycles. The Kier molecular flexibility index (Phi) is 5.58. The Labute approximate surface area is 183 Å². The van der Waals surface area contributed by atoms with Crippen molar-refractivity contribution in [1.29, 1.82) is 0 Å². The molecule has 4 unspecified atom stereocenters. The van der Waals surface area contributed by atoms with Crippen LogP contribution in [0.2, 0.25) is 0 Å². The highest BCUT2D eigenvalue weighted by molar-refractivity contribution is 5.99. The Balaban J connectivity index is 1.23. The largest absolute Gasteiger partial charge is 0.379 e. The Morgan fingerprint density at radius 1 is 1.19 bits per heavy atom. The Morgan fingerprint density at radius 2 is 1.97 bits per heavy atom. The molecule has 1 spiro atoms. The number of rotatable bonds is 7. The van der Waals surface area contributed by atoms with Crippen LogP contribution >= 0.6 is 0 Å². The third-order valence-electron chi connectivity index (χ3n) is 7.12. The third-order valence-corrected chi connectivity index (χ3v) is 7.12. The van der Waals surface area contributed by atoms with E-state index < -0.39 is 17.4 Å². The van der Waals surface area contributed by atoms with Gasteiger partial charge in [0.1, 0.15) is 5.60 Å². The summed E-state index contributed by atoms with van der Waals surface area (Å²) >= 11 is 0. The number of morpholine rings is 1. The van der Waals surface area contributed by atoms with Crippen LogP contribution in [0.15, 0.2) is 36.4 Å². The minimum Gasteiger partial charge on any atom is -0.379 e. The van der Waals surface area contributed by atoms with E-state index in [0.29, 0.717) is 13.1 Å². The number of carbonyl (C=O) groups is 2. The number of nitrogens with zero attached hydrogens (tertiary/aromatic N) is 2. The highest BCUT2D eigenvalue weighted by Crippen LogP contribution is 2.52. The molecule has 0 aromatic heterocycles. The fourth-order valence-electron chi connectivity index (χ4n) is 5.43. The van der Waals surface area contributed by atoms with Crippen molar-refractivity contribution < 1.29 is 19.1 Å². The van der Waals surface area contributed by atoms with Crippen LogP contribution in [-0.4, -0.2) is 79.3 Å². The fourth-order valence-corrected chi connectivity index (χ4v) is 5.43. The maximum absolute atomic E-state index is 13.3. The van der Waals surface area contributed by atoms with Crippen molar-refractivity contribution >= 4 is 17.5 Å². The smallest absolute Gasteiger partial charge is 0.231 e. The summed E-state index contributed by atoms with van der Waals surface area (Å²) < 4.78 is 11.6. The number of nitrogens with one attached hydrogen (secondary N) is 1. The molecule has 1 aromatic rings. The van der Waals surface area contributed by atoms with Crippen LogP contribution in [0.4, 0.5) is 5.69 Å². The quantitative estimate of drug-likeness (QED) is 0.674. The topological polar surface area (TPSA) is 71.1 Å². The van der Waals surface area contributed by atoms with Crippen LogP contribution in [0, 0.1) is 11.8 Å². The van der Waals surface area contributed by atoms with Gasteiger partial charge in [0.15, 0.2) is 0 Å². The van der Waals surface area contributed by atoms with E-state index in [2.05, 4.69) is 17.1 Å². The van der Waals surface area contributed by atoms with Crippen LogP contribution < -0.4 is 5.32 Å². The molecule has 31 heavy (non-hydrogen) atoms. The number of carbonyl (C=O) groups excluding carboxylic acids is 2. The monoisotopic (exact) mass is 425 g/mol. The van der Waals surface area contributed by atoms with Gasteiger partial charge in [0.2, 0.25) is 11.8 Å². The standard InChI is InChI=1S/C24H31N3O4/c1-2-17-4-6-18(7-5-17)25-22(28)20-19-8-9-24(31-19)16-27(23(29)21(20)24)11-3-10-26-12-14-30-15-13-26/h4-9,19-21H,2-3,10-16H2,1H3,(H,25,28). The highest BCUT2D eigenvalue weighted by Gasteiger charge is 2.66. The molecule has 2 bridgehead atoms. The lowest BCUT2D eigenvalue weighted by Crippen LogP contribution is -2.41. The Hall–Kier alpha value is -2.22. The molecule has 7 heteroatoms. The second-order valence-corrected chi connectivity index (χ2v) is 9.01. The molecule has 1 N–H and O–H groups in total. The number of anilines is 1. The zero-order valence-corrected chi connectivity index (χ0v) is 18.1. The number of fused-ring (bicyclic) bond motifs is 1. The molecule has 2 amide bonds. The van der Waals surface area contributed by atoms with Crippen molar-refractivity contribution in [1.82, 2.24) is 9.80 Å². The van der Waals surface area contributed by atoms with Gasteiger partial charge in [0.05, 0.1) is 37.7 Å². The van der Waals surface area contributed by atoms with Crippen LogP contribution in [0.5, 0.6) is 0 Å². The van der Waals surface area contributed by atoms with E-state index >= 15 is 0 Å². The van der Waals surface area contributed by atoms with Crippen molar-refractivity contribution in [3.8, 4) is 0 Å². The maximum Gasteiger partial charge on any atom is 0.231 e. The average molecular weight is 426 g/mol. The molecule has 3 fully saturated rings. The van der Waals surface area contributed by atoms with Gasteiger partial charge in [-0.25, -0.2) is 0 Å². The zero-order valence-electron chi connectivity index (χ0n) is 18.1. The number of hydrogen-bond donors (Lipinski definition) is 1. The second-order valence-electron chi connectivity index (χ2n) is 9.01. The number of amides is 2. The van der Waals surface area contributed by atoms with Gasteiger partial charge < -0.3 is 19.7 Å². The molecule has 5 rings (SSSR count). The fraction of sp³-hybridized carbons (Fsp3) is 0.583. The number of hydrogen-bond acceptors (Lipinski definition) is 5. The lowest BCUT2D eigenvalue weighted by Gasteiger charge is -2.27. The summed E-state index contributed by atoms with van der Waals surface area (Å²) in [6, 6.07) is 7.88. The molecule has 4 heterocycles. The second kappa shape index (κ2) is 8.37. The molecular formula is C24H31N3O4. The normalized spacial score (nSPS) is 32.0. The van der Waals surface area contributed by atoms with E-state index in [-0.39, 0.29) is 17.9 Å². The van der Waals surface area contributed by atoms with Crippen molar-refractivity contribution in [2.75, 3.05) is 51.3 Å². The van der Waals surface area contributed by atoms with Crippen molar-refractivity contribution in [2.24, 2.45) is 11.8 Å². The van der Waals surface area contributed by atoms with Gasteiger partial charge in [0, 0.05) is 31.9 Å². The predicted molar refractivity (Wildman–Crippen MR) is 117 cm³/mol. The van der Waals surface area contributed by atoms with Crippen LogP contribution in [-0.2, 0) is 25.5 Å². The van der Waals surface area contributed by atoms with Crippen molar-refractivity contribution in [3.63, 3.8) is 0 Å². The van der Waals surface area contributed by atoms with E-state index in [0.717, 1.165) is 51.4 Å². The summed E-state index contributed by atoms with van der Waals surface area (Å²) in [7, 11) is 0. The predicted octanol–water partition coefficient (Wildman–Crippen LogP) is 1.69. The van der Waals surface area contributed by atoms with Crippen molar-refractivity contribution in [3.05, 3.63) is 42.0 Å². The Morgan fingerprint density at radius 3 is 2.71 bits per heavy atom. The van der Waals surface area contributed by atoms with Gasteiger partial charge in [-0.05, 0) is 30.5 Å². The molecule has 166 valence electrons. The van der Waals surface area contributed by atoms with Gasteiger partial charge in [0.25, 0.3) is 0 Å². The lowest BCUT2D eigenvalue weighted by atomic mass is 9.77. The van der Waals surface area contributed by atoms with Crippen LogP contribution in [0.25, 0.3) is 0 Å². The summed E-state index contributed by atoms with van der Waals surface area (Å²) in [5.41, 5.74) is 1.34. The molecule has 4 atom stereocenters. The van der Waals surface area contributed by atoms with E-state index in [4.69, 9.17) is 9.47 Å². The average Bonchev–Trinajstić information content (AvgIpc) is 3.43. The molecule has 0 saturated carbocycles. The van der Waals surface area contributed by atoms with Gasteiger partial charge in [-0.2, -0.15) is 0 Å². The number of ether oxygens (including phenoxy) is 2. The first-order chi connectivity index (χ1) is 15.1. The number of likely N-dealkylation sites (tertiary alicyclic amines) is 1. The molecule has 4 aliphatic rings. The molecular weight excluding hydrogens is 394 g/mol. The Bertz CT molecular complexity index is 864. The summed E-state index contributed by atoms with van der Waals surface area (Å²) in [5.74, 6) is -0.988. The van der Waals surface area contributed by atoms with Crippen molar-refractivity contribution in [2.45, 2.75) is 31.5 Å².